The summed E-state index contributed by atoms with van der Waals surface area (Å²) < 4.78 is 5.76. The Balaban J connectivity index is 1.86. The molecule has 1 heterocycles. The molecule has 1 aromatic carbocycles. The third kappa shape index (κ3) is 4.24. The van der Waals surface area contributed by atoms with E-state index >= 15 is 0 Å². The summed E-state index contributed by atoms with van der Waals surface area (Å²) in [7, 11) is 0. The van der Waals surface area contributed by atoms with E-state index in [-0.39, 0.29) is 0 Å². The molecule has 2 rings (SSSR count). The summed E-state index contributed by atoms with van der Waals surface area (Å²) in [6.45, 7) is 5.73. The summed E-state index contributed by atoms with van der Waals surface area (Å²) in [5.41, 5.74) is 1.36. The lowest BCUT2D eigenvalue weighted by Crippen LogP contribution is -1.94. The molecule has 0 saturated carbocycles. The Labute approximate surface area is 118 Å². The van der Waals surface area contributed by atoms with Gasteiger partial charge >= 0.3 is 0 Å². The van der Waals surface area contributed by atoms with Crippen molar-refractivity contribution in [2.24, 2.45) is 0 Å². The van der Waals surface area contributed by atoms with E-state index < -0.39 is 0 Å². The van der Waals surface area contributed by atoms with E-state index in [1.165, 1.54) is 12.0 Å². The highest BCUT2D eigenvalue weighted by atomic mass is 32.1. The Bertz CT molecular complexity index is 493. The first-order valence-electron chi connectivity index (χ1n) is 6.72. The molecule has 1 N–H and O–H groups in total. The minimum atomic E-state index is 0.580. The Morgan fingerprint density at radius 1 is 1.21 bits per heavy atom. The van der Waals surface area contributed by atoms with Gasteiger partial charge in [0.2, 0.25) is 0 Å². The molecule has 0 saturated heterocycles. The molecule has 0 aliphatic rings. The van der Waals surface area contributed by atoms with Crippen LogP contribution in [0.15, 0.2) is 30.5 Å². The van der Waals surface area contributed by atoms with E-state index in [0.717, 1.165) is 28.7 Å². The van der Waals surface area contributed by atoms with Gasteiger partial charge in [0, 0.05) is 12.7 Å². The van der Waals surface area contributed by atoms with Crippen LogP contribution in [0.3, 0.4) is 0 Å². The van der Waals surface area contributed by atoms with E-state index in [9.17, 15) is 0 Å². The first-order valence-corrected chi connectivity index (χ1v) is 7.53. The Hall–Kier alpha value is -1.55. The first kappa shape index (κ1) is 13.9. The van der Waals surface area contributed by atoms with Crippen LogP contribution in [0.2, 0.25) is 0 Å². The third-order valence-electron chi connectivity index (χ3n) is 2.72. The topological polar surface area (TPSA) is 34.1 Å². The van der Waals surface area contributed by atoms with Gasteiger partial charge in [0.15, 0.2) is 5.13 Å². The summed E-state index contributed by atoms with van der Waals surface area (Å²) >= 11 is 1.64. The maximum atomic E-state index is 5.76. The van der Waals surface area contributed by atoms with Crippen molar-refractivity contribution in [1.29, 1.82) is 0 Å². The highest BCUT2D eigenvalue weighted by Crippen LogP contribution is 2.20. The fourth-order valence-electron chi connectivity index (χ4n) is 1.80. The predicted molar refractivity (Wildman–Crippen MR) is 81.0 cm³/mol. The first-order chi connectivity index (χ1) is 9.31. The zero-order chi connectivity index (χ0) is 13.5. The quantitative estimate of drug-likeness (QED) is 0.826. The molecule has 2 aromatic rings. The van der Waals surface area contributed by atoms with Crippen LogP contribution in [0.5, 0.6) is 5.75 Å². The number of rotatable bonds is 7. The number of benzene rings is 1. The van der Waals surface area contributed by atoms with E-state index in [0.29, 0.717) is 6.61 Å². The van der Waals surface area contributed by atoms with Gasteiger partial charge in [-0.3, -0.25) is 0 Å². The van der Waals surface area contributed by atoms with Gasteiger partial charge in [0.05, 0.1) is 4.88 Å². The molecule has 0 spiro atoms. The van der Waals surface area contributed by atoms with Crippen molar-refractivity contribution in [3.05, 3.63) is 40.9 Å². The number of hydrogen-bond donors (Lipinski definition) is 1. The van der Waals surface area contributed by atoms with Gasteiger partial charge in [-0.1, -0.05) is 36.8 Å². The van der Waals surface area contributed by atoms with Crippen LogP contribution in [0.1, 0.15) is 30.7 Å². The minimum absolute atomic E-state index is 0.580. The van der Waals surface area contributed by atoms with Gasteiger partial charge in [-0.25, -0.2) is 4.98 Å². The molecular weight excluding hydrogens is 256 g/mol. The molecule has 0 bridgehead atoms. The Morgan fingerprint density at radius 2 is 2.00 bits per heavy atom. The lowest BCUT2D eigenvalue weighted by Gasteiger charge is -2.05. The van der Waals surface area contributed by atoms with Crippen molar-refractivity contribution >= 4 is 16.5 Å². The fraction of sp³-hybridized carbons (Fsp3) is 0.400. The number of thiazole rings is 1. The molecule has 3 nitrogen and oxygen atoms in total. The maximum Gasteiger partial charge on any atom is 0.182 e. The lowest BCUT2D eigenvalue weighted by molar-refractivity contribution is 0.309. The van der Waals surface area contributed by atoms with Gasteiger partial charge in [0.1, 0.15) is 12.4 Å². The van der Waals surface area contributed by atoms with Gasteiger partial charge in [-0.2, -0.15) is 0 Å². The van der Waals surface area contributed by atoms with Gasteiger partial charge in [-0.05, 0) is 31.0 Å². The number of ether oxygens (including phenoxy) is 1. The van der Waals surface area contributed by atoms with Crippen LogP contribution in [0.25, 0.3) is 0 Å². The second-order valence-corrected chi connectivity index (χ2v) is 5.46. The third-order valence-corrected chi connectivity index (χ3v) is 3.65. The second kappa shape index (κ2) is 7.14. The predicted octanol–water partition coefficient (Wildman–Crippen LogP) is 4.11. The van der Waals surface area contributed by atoms with Crippen molar-refractivity contribution in [3.63, 3.8) is 0 Å². The summed E-state index contributed by atoms with van der Waals surface area (Å²) in [5.74, 6) is 0.915. The lowest BCUT2D eigenvalue weighted by atomic mass is 10.1. The molecule has 102 valence electrons. The van der Waals surface area contributed by atoms with Crippen molar-refractivity contribution in [2.75, 3.05) is 11.9 Å². The molecule has 0 aliphatic carbocycles. The largest absolute Gasteiger partial charge is 0.488 e. The smallest absolute Gasteiger partial charge is 0.182 e. The maximum absolute atomic E-state index is 5.76. The van der Waals surface area contributed by atoms with E-state index in [2.05, 4.69) is 36.3 Å². The summed E-state index contributed by atoms with van der Waals surface area (Å²) in [5, 5.41) is 4.16. The molecule has 0 unspecified atom stereocenters. The molecule has 1 aromatic heterocycles. The molecule has 0 radical (unpaired) electrons. The number of nitrogens with zero attached hydrogens (tertiary/aromatic N) is 1. The van der Waals surface area contributed by atoms with E-state index in [1.807, 2.05) is 18.3 Å². The average Bonchev–Trinajstić information content (AvgIpc) is 2.87. The zero-order valence-electron chi connectivity index (χ0n) is 11.5. The Morgan fingerprint density at radius 3 is 2.68 bits per heavy atom. The van der Waals surface area contributed by atoms with Crippen molar-refractivity contribution in [3.8, 4) is 5.75 Å². The van der Waals surface area contributed by atoms with Crippen LogP contribution in [0, 0.1) is 0 Å². The summed E-state index contributed by atoms with van der Waals surface area (Å²) in [6.07, 6.45) is 4.17. The highest BCUT2D eigenvalue weighted by molar-refractivity contribution is 7.15. The molecular formula is C15H20N2OS. The van der Waals surface area contributed by atoms with Gasteiger partial charge in [0.25, 0.3) is 0 Å². The molecule has 4 heteroatoms. The monoisotopic (exact) mass is 276 g/mol. The molecule has 19 heavy (non-hydrogen) atoms. The molecule has 0 atom stereocenters. The van der Waals surface area contributed by atoms with Gasteiger partial charge in [-0.15, -0.1) is 0 Å². The standard InChI is InChI=1S/C15H20N2OS/c1-3-5-12-6-8-13(9-7-12)18-11-14-10-17-15(19-14)16-4-2/h6-10H,3-5,11H2,1-2H3,(H,16,17). The van der Waals surface area contributed by atoms with Crippen LogP contribution in [-0.2, 0) is 13.0 Å². The number of hydrogen-bond acceptors (Lipinski definition) is 4. The minimum Gasteiger partial charge on any atom is -0.488 e. The van der Waals surface area contributed by atoms with Crippen molar-refractivity contribution in [2.45, 2.75) is 33.3 Å². The second-order valence-electron chi connectivity index (χ2n) is 4.34. The summed E-state index contributed by atoms with van der Waals surface area (Å²) in [6, 6.07) is 8.35. The van der Waals surface area contributed by atoms with Crippen molar-refractivity contribution < 1.29 is 4.74 Å². The molecule has 0 fully saturated rings. The molecule has 0 aliphatic heterocycles. The van der Waals surface area contributed by atoms with E-state index in [1.54, 1.807) is 11.3 Å². The fourth-order valence-corrected chi connectivity index (χ4v) is 2.60. The van der Waals surface area contributed by atoms with E-state index in [4.69, 9.17) is 4.74 Å². The normalized spacial score (nSPS) is 10.4. The number of nitrogens with one attached hydrogen (secondary N) is 1. The Kier molecular flexibility index (Phi) is 5.21. The molecule has 0 amide bonds. The van der Waals surface area contributed by atoms with Gasteiger partial charge < -0.3 is 10.1 Å². The van der Waals surface area contributed by atoms with Crippen LogP contribution < -0.4 is 10.1 Å². The van der Waals surface area contributed by atoms with Crippen LogP contribution in [0.4, 0.5) is 5.13 Å². The number of aromatic nitrogens is 1. The number of aryl methyl sites for hydroxylation is 1. The average molecular weight is 276 g/mol. The highest BCUT2D eigenvalue weighted by Gasteiger charge is 2.02. The SMILES string of the molecule is CCCc1ccc(OCc2cnc(NCC)s2)cc1. The van der Waals surface area contributed by atoms with Crippen LogP contribution >= 0.6 is 11.3 Å². The van der Waals surface area contributed by atoms with Crippen LogP contribution in [-0.4, -0.2) is 11.5 Å². The van der Waals surface area contributed by atoms with Crippen molar-refractivity contribution in [1.82, 2.24) is 4.98 Å². The zero-order valence-corrected chi connectivity index (χ0v) is 12.3. The summed E-state index contributed by atoms with van der Waals surface area (Å²) in [4.78, 5) is 5.42. The number of anilines is 1.